The van der Waals surface area contributed by atoms with Crippen LogP contribution in [0.4, 0.5) is 0 Å². The van der Waals surface area contributed by atoms with Gasteiger partial charge in [-0.15, -0.1) is 0 Å². The molecule has 1 N–H and O–H groups in total. The second kappa shape index (κ2) is 4.18. The molecule has 0 bridgehead atoms. The van der Waals surface area contributed by atoms with Crippen molar-refractivity contribution in [3.05, 3.63) is 52.9 Å². The van der Waals surface area contributed by atoms with Gasteiger partial charge in [-0.1, -0.05) is 12.1 Å². The molecule has 2 aromatic rings. The van der Waals surface area contributed by atoms with Gasteiger partial charge >= 0.3 is 0 Å². The van der Waals surface area contributed by atoms with Crippen LogP contribution in [0.15, 0.2) is 52.3 Å². The summed E-state index contributed by atoms with van der Waals surface area (Å²) in [6.07, 6.45) is 2.69. The monoisotopic (exact) mass is 249 g/mol. The first-order valence-corrected chi connectivity index (χ1v) is 6.85. The van der Waals surface area contributed by atoms with E-state index in [0.29, 0.717) is 11.1 Å². The quantitative estimate of drug-likeness (QED) is 0.875. The van der Waals surface area contributed by atoms with Crippen molar-refractivity contribution in [3.63, 3.8) is 0 Å². The zero-order valence-corrected chi connectivity index (χ0v) is 9.99. The summed E-state index contributed by atoms with van der Waals surface area (Å²) in [6.45, 7) is 0. The molecular weight excluding hydrogens is 238 g/mol. The van der Waals surface area contributed by atoms with E-state index in [1.54, 1.807) is 24.3 Å². The number of hydrogen-bond donors (Lipinski definition) is 1. The summed E-state index contributed by atoms with van der Waals surface area (Å²) in [5.41, 5.74) is 1.19. The van der Waals surface area contributed by atoms with Crippen LogP contribution in [0, 0.1) is 0 Å². The van der Waals surface area contributed by atoms with E-state index in [4.69, 9.17) is 0 Å². The molecule has 0 unspecified atom stereocenters. The second-order valence-electron chi connectivity index (χ2n) is 3.74. The number of hydrogen-bond acceptors (Lipinski definition) is 3. The zero-order valence-electron chi connectivity index (χ0n) is 9.17. The van der Waals surface area contributed by atoms with E-state index in [0.717, 1.165) is 6.26 Å². The van der Waals surface area contributed by atoms with E-state index in [2.05, 4.69) is 4.98 Å². The van der Waals surface area contributed by atoms with Crippen LogP contribution in [0.5, 0.6) is 0 Å². The van der Waals surface area contributed by atoms with Crippen molar-refractivity contribution in [1.29, 1.82) is 0 Å². The normalized spacial score (nSPS) is 11.4. The summed E-state index contributed by atoms with van der Waals surface area (Å²) in [5, 5.41) is 0. The lowest BCUT2D eigenvalue weighted by atomic mass is 10.1. The van der Waals surface area contributed by atoms with E-state index < -0.39 is 9.84 Å². The van der Waals surface area contributed by atoms with Crippen LogP contribution in [0.2, 0.25) is 0 Å². The highest BCUT2D eigenvalue weighted by Gasteiger charge is 2.08. The average Bonchev–Trinajstić information content (AvgIpc) is 2.28. The maximum Gasteiger partial charge on any atom is 0.248 e. The van der Waals surface area contributed by atoms with Crippen molar-refractivity contribution in [2.24, 2.45) is 0 Å². The Labute approximate surface area is 98.9 Å². The molecule has 88 valence electrons. The number of aromatic amines is 1. The predicted molar refractivity (Wildman–Crippen MR) is 65.6 cm³/mol. The minimum atomic E-state index is -3.23. The first-order valence-electron chi connectivity index (χ1n) is 4.96. The van der Waals surface area contributed by atoms with Crippen LogP contribution in [0.3, 0.4) is 0 Å². The fourth-order valence-corrected chi connectivity index (χ4v) is 2.20. The largest absolute Gasteiger partial charge is 0.329 e. The van der Waals surface area contributed by atoms with Crippen molar-refractivity contribution >= 4 is 9.84 Å². The van der Waals surface area contributed by atoms with Gasteiger partial charge in [0.05, 0.1) is 4.90 Å². The Balaban J connectivity index is 2.58. The molecular formula is C12H11NO3S. The summed E-state index contributed by atoms with van der Waals surface area (Å²) in [5.74, 6) is 0. The average molecular weight is 249 g/mol. The zero-order chi connectivity index (χ0) is 12.5. The lowest BCUT2D eigenvalue weighted by Gasteiger charge is -2.03. The second-order valence-corrected chi connectivity index (χ2v) is 5.76. The molecule has 1 aromatic heterocycles. The molecule has 0 saturated heterocycles. The van der Waals surface area contributed by atoms with Crippen LogP contribution < -0.4 is 5.56 Å². The van der Waals surface area contributed by atoms with Gasteiger partial charge in [0.25, 0.3) is 0 Å². The highest BCUT2D eigenvalue weighted by Crippen LogP contribution is 2.20. The molecule has 0 aliphatic rings. The third-order valence-electron chi connectivity index (χ3n) is 2.37. The lowest BCUT2D eigenvalue weighted by molar-refractivity contribution is 0.602. The number of benzene rings is 1. The van der Waals surface area contributed by atoms with Crippen LogP contribution in [-0.2, 0) is 9.84 Å². The molecule has 0 saturated carbocycles. The van der Waals surface area contributed by atoms with Crippen LogP contribution in [0.25, 0.3) is 11.1 Å². The van der Waals surface area contributed by atoms with Crippen LogP contribution >= 0.6 is 0 Å². The number of H-pyrrole nitrogens is 1. The first-order chi connectivity index (χ1) is 7.97. The maximum atomic E-state index is 11.4. The molecule has 1 aromatic carbocycles. The number of pyridine rings is 1. The predicted octanol–water partition coefficient (Wildman–Crippen LogP) is 1.45. The summed E-state index contributed by atoms with van der Waals surface area (Å²) >= 11 is 0. The van der Waals surface area contributed by atoms with E-state index in [1.165, 1.54) is 18.3 Å². The van der Waals surface area contributed by atoms with Gasteiger partial charge in [-0.05, 0) is 29.3 Å². The summed E-state index contributed by atoms with van der Waals surface area (Å²) in [6, 6.07) is 9.68. The summed E-state index contributed by atoms with van der Waals surface area (Å²) in [4.78, 5) is 13.9. The highest BCUT2D eigenvalue weighted by atomic mass is 32.2. The molecule has 0 aliphatic heterocycles. The molecule has 0 spiro atoms. The Bertz CT molecular complexity index is 701. The van der Waals surface area contributed by atoms with Crippen molar-refractivity contribution in [1.82, 2.24) is 4.98 Å². The molecule has 0 amide bonds. The molecule has 17 heavy (non-hydrogen) atoms. The highest BCUT2D eigenvalue weighted by molar-refractivity contribution is 7.90. The van der Waals surface area contributed by atoms with Gasteiger partial charge in [0, 0.05) is 18.5 Å². The Morgan fingerprint density at radius 3 is 2.41 bits per heavy atom. The molecule has 5 heteroatoms. The first kappa shape index (κ1) is 11.6. The van der Waals surface area contributed by atoms with Gasteiger partial charge in [-0.2, -0.15) is 0 Å². The van der Waals surface area contributed by atoms with Crippen LogP contribution in [-0.4, -0.2) is 19.7 Å². The Morgan fingerprint density at radius 1 is 1.06 bits per heavy atom. The molecule has 0 atom stereocenters. The smallest absolute Gasteiger partial charge is 0.248 e. The number of aromatic nitrogens is 1. The van der Waals surface area contributed by atoms with Gasteiger partial charge in [0.15, 0.2) is 9.84 Å². The Hall–Kier alpha value is -1.88. The molecule has 0 fully saturated rings. The third kappa shape index (κ3) is 2.62. The molecule has 0 radical (unpaired) electrons. The molecule has 1 heterocycles. The van der Waals surface area contributed by atoms with Crippen molar-refractivity contribution in [3.8, 4) is 11.1 Å². The SMILES string of the molecule is CS(=O)(=O)c1cccc(-c2cc[nH]c(=O)c2)c1. The van der Waals surface area contributed by atoms with Gasteiger partial charge in [0.2, 0.25) is 5.56 Å². The fraction of sp³-hybridized carbons (Fsp3) is 0.0833. The van der Waals surface area contributed by atoms with Crippen molar-refractivity contribution in [2.75, 3.05) is 6.26 Å². The minimum absolute atomic E-state index is 0.216. The van der Waals surface area contributed by atoms with Crippen molar-refractivity contribution in [2.45, 2.75) is 4.90 Å². The standard InChI is InChI=1S/C12H11NO3S/c1-17(15,16)11-4-2-3-9(7-11)10-5-6-13-12(14)8-10/h2-8H,1H3,(H,13,14). The number of rotatable bonds is 2. The van der Waals surface area contributed by atoms with Gasteiger partial charge in [-0.3, -0.25) is 4.79 Å². The minimum Gasteiger partial charge on any atom is -0.329 e. The molecule has 2 rings (SSSR count). The summed E-state index contributed by atoms with van der Waals surface area (Å²) in [7, 11) is -3.23. The van der Waals surface area contributed by atoms with Crippen LogP contribution in [0.1, 0.15) is 0 Å². The fourth-order valence-electron chi connectivity index (χ4n) is 1.53. The van der Waals surface area contributed by atoms with Gasteiger partial charge < -0.3 is 4.98 Å². The van der Waals surface area contributed by atoms with E-state index in [1.807, 2.05) is 0 Å². The molecule has 4 nitrogen and oxygen atoms in total. The van der Waals surface area contributed by atoms with E-state index >= 15 is 0 Å². The van der Waals surface area contributed by atoms with E-state index in [9.17, 15) is 13.2 Å². The van der Waals surface area contributed by atoms with Crippen molar-refractivity contribution < 1.29 is 8.42 Å². The van der Waals surface area contributed by atoms with Gasteiger partial charge in [0.1, 0.15) is 0 Å². The molecule has 0 aliphatic carbocycles. The van der Waals surface area contributed by atoms with Gasteiger partial charge in [-0.25, -0.2) is 8.42 Å². The third-order valence-corrected chi connectivity index (χ3v) is 3.48. The Kier molecular flexibility index (Phi) is 2.85. The lowest BCUT2D eigenvalue weighted by Crippen LogP contribution is -2.02. The number of nitrogens with one attached hydrogen (secondary N) is 1. The number of sulfone groups is 1. The maximum absolute atomic E-state index is 11.4. The topological polar surface area (TPSA) is 67.0 Å². The van der Waals surface area contributed by atoms with E-state index in [-0.39, 0.29) is 10.5 Å². The Morgan fingerprint density at radius 2 is 1.76 bits per heavy atom. The summed E-state index contributed by atoms with van der Waals surface area (Å²) < 4.78 is 22.8.